The zero-order chi connectivity index (χ0) is 14.3. The average Bonchev–Trinajstić information content (AvgIpc) is 2.13. The van der Waals surface area contributed by atoms with E-state index < -0.39 is 23.5 Å². The van der Waals surface area contributed by atoms with Gasteiger partial charge in [-0.05, 0) is 38.6 Å². The van der Waals surface area contributed by atoms with Crippen molar-refractivity contribution in [2.75, 3.05) is 6.61 Å². The minimum absolute atomic E-state index is 0.000718. The van der Waals surface area contributed by atoms with E-state index in [-0.39, 0.29) is 6.42 Å². The van der Waals surface area contributed by atoms with Crippen molar-refractivity contribution in [2.24, 2.45) is 5.92 Å². The predicted molar refractivity (Wildman–Crippen MR) is 73.3 cm³/mol. The molecule has 4 nitrogen and oxygen atoms in total. The highest BCUT2D eigenvalue weighted by atomic mass is 79.9. The number of carbonyl (C=O) groups excluding carboxylic acids is 2. The summed E-state index contributed by atoms with van der Waals surface area (Å²) in [6, 6.07) is 0. The van der Waals surface area contributed by atoms with Crippen LogP contribution in [0, 0.1) is 5.92 Å². The summed E-state index contributed by atoms with van der Waals surface area (Å²) < 4.78 is 10.8. The molecule has 5 heteroatoms. The third-order valence-corrected chi connectivity index (χ3v) is 2.24. The van der Waals surface area contributed by atoms with Crippen LogP contribution in [0.2, 0.25) is 0 Å². The minimum Gasteiger partial charge on any atom is -0.466 e. The first-order valence-corrected chi connectivity index (χ1v) is 6.66. The van der Waals surface area contributed by atoms with E-state index in [9.17, 15) is 9.59 Å². The Kier molecular flexibility index (Phi) is 7.21. The van der Waals surface area contributed by atoms with E-state index in [4.69, 9.17) is 9.47 Å². The first-order valence-electron chi connectivity index (χ1n) is 5.87. The number of hydrogen-bond donors (Lipinski definition) is 0. The molecule has 0 rings (SSSR count). The lowest BCUT2D eigenvalue weighted by atomic mass is 10.0. The summed E-state index contributed by atoms with van der Waals surface area (Å²) in [7, 11) is 0. The maximum absolute atomic E-state index is 11.7. The molecular weight excluding hydrogens is 300 g/mol. The van der Waals surface area contributed by atoms with E-state index in [0.717, 1.165) is 0 Å². The molecule has 0 aromatic rings. The van der Waals surface area contributed by atoms with E-state index in [2.05, 4.69) is 22.5 Å². The van der Waals surface area contributed by atoms with Crippen molar-refractivity contribution < 1.29 is 19.1 Å². The lowest BCUT2D eigenvalue weighted by Gasteiger charge is -2.21. The maximum Gasteiger partial charge on any atom is 0.309 e. The van der Waals surface area contributed by atoms with E-state index in [0.29, 0.717) is 17.5 Å². The number of carbonyl (C=O) groups is 2. The fourth-order valence-corrected chi connectivity index (χ4v) is 1.74. The Labute approximate surface area is 117 Å². The Morgan fingerprint density at radius 3 is 2.22 bits per heavy atom. The van der Waals surface area contributed by atoms with Gasteiger partial charge in [0.25, 0.3) is 0 Å². The van der Waals surface area contributed by atoms with Crippen LogP contribution in [-0.2, 0) is 19.1 Å². The zero-order valence-electron chi connectivity index (χ0n) is 11.4. The number of esters is 2. The molecule has 0 saturated heterocycles. The zero-order valence-corrected chi connectivity index (χ0v) is 13.0. The second-order valence-corrected chi connectivity index (χ2v) is 6.08. The number of rotatable bonds is 6. The molecule has 0 radical (unpaired) electrons. The van der Waals surface area contributed by atoms with Gasteiger partial charge in [-0.15, -0.1) is 0 Å². The third-order valence-electron chi connectivity index (χ3n) is 1.92. The number of allylic oxidation sites excluding steroid dienone is 1. The molecule has 1 atom stereocenters. The standard InChI is InChI=1S/C13H21BrO4/c1-6-17-12(16)10(7-9(2)14)8-11(15)18-13(3,4)5/h10H,2,6-8H2,1,3-5H3/t10-/m1/s1. The van der Waals surface area contributed by atoms with E-state index in [1.165, 1.54) is 0 Å². The van der Waals surface area contributed by atoms with Gasteiger partial charge in [0.05, 0.1) is 18.9 Å². The third kappa shape index (κ3) is 8.28. The summed E-state index contributed by atoms with van der Waals surface area (Å²) in [5.41, 5.74) is -0.554. The monoisotopic (exact) mass is 320 g/mol. The predicted octanol–water partition coefficient (Wildman–Crippen LogP) is 3.20. The molecule has 104 valence electrons. The van der Waals surface area contributed by atoms with Crippen LogP contribution in [-0.4, -0.2) is 24.1 Å². The molecule has 0 aliphatic rings. The topological polar surface area (TPSA) is 52.6 Å². The number of ether oxygens (including phenoxy) is 2. The van der Waals surface area contributed by atoms with Crippen LogP contribution in [0.4, 0.5) is 0 Å². The second-order valence-electron chi connectivity index (χ2n) is 4.96. The fourth-order valence-electron chi connectivity index (χ4n) is 1.35. The molecule has 0 spiro atoms. The second kappa shape index (κ2) is 7.56. The summed E-state index contributed by atoms with van der Waals surface area (Å²) in [6.07, 6.45) is 0.360. The van der Waals surface area contributed by atoms with Crippen LogP contribution in [0.15, 0.2) is 11.1 Å². The normalized spacial score (nSPS) is 12.7. The maximum atomic E-state index is 11.7. The molecule has 0 aromatic heterocycles. The van der Waals surface area contributed by atoms with Crippen molar-refractivity contribution in [2.45, 2.75) is 46.1 Å². The first-order chi connectivity index (χ1) is 8.15. The molecule has 0 aromatic carbocycles. The highest BCUT2D eigenvalue weighted by Crippen LogP contribution is 2.21. The molecule has 0 aliphatic carbocycles. The highest BCUT2D eigenvalue weighted by Gasteiger charge is 2.26. The minimum atomic E-state index is -0.554. The van der Waals surface area contributed by atoms with Crippen LogP contribution < -0.4 is 0 Å². The molecule has 0 aliphatic heterocycles. The van der Waals surface area contributed by atoms with E-state index in [1.54, 1.807) is 27.7 Å². The largest absolute Gasteiger partial charge is 0.466 e. The van der Waals surface area contributed by atoms with E-state index in [1.807, 2.05) is 0 Å². The van der Waals surface area contributed by atoms with Gasteiger partial charge in [-0.1, -0.05) is 22.5 Å². The van der Waals surface area contributed by atoms with Crippen LogP contribution in [0.3, 0.4) is 0 Å². The molecule has 18 heavy (non-hydrogen) atoms. The smallest absolute Gasteiger partial charge is 0.309 e. The van der Waals surface area contributed by atoms with Crippen LogP contribution in [0.25, 0.3) is 0 Å². The van der Waals surface area contributed by atoms with Gasteiger partial charge in [0.2, 0.25) is 0 Å². The average molecular weight is 321 g/mol. The van der Waals surface area contributed by atoms with Gasteiger partial charge in [0.1, 0.15) is 5.60 Å². The SMILES string of the molecule is C=C(Br)C[C@H](CC(=O)OC(C)(C)C)C(=O)OCC. The first kappa shape index (κ1) is 17.2. The summed E-state index contributed by atoms with van der Waals surface area (Å²) in [5, 5.41) is 0. The van der Waals surface area contributed by atoms with Gasteiger partial charge >= 0.3 is 11.9 Å². The quantitative estimate of drug-likeness (QED) is 0.705. The molecule has 0 amide bonds. The Morgan fingerprint density at radius 1 is 1.28 bits per heavy atom. The fraction of sp³-hybridized carbons (Fsp3) is 0.692. The molecule has 0 N–H and O–H groups in total. The Balaban J connectivity index is 4.54. The number of halogens is 1. The van der Waals surface area contributed by atoms with Crippen LogP contribution in [0.1, 0.15) is 40.5 Å². The van der Waals surface area contributed by atoms with Crippen molar-refractivity contribution in [3.63, 3.8) is 0 Å². The van der Waals surface area contributed by atoms with Gasteiger partial charge < -0.3 is 9.47 Å². The summed E-state index contributed by atoms with van der Waals surface area (Å²) in [5.74, 6) is -1.36. The van der Waals surface area contributed by atoms with Crippen molar-refractivity contribution in [1.82, 2.24) is 0 Å². The summed E-state index contributed by atoms with van der Waals surface area (Å²) in [4.78, 5) is 23.4. The summed E-state index contributed by atoms with van der Waals surface area (Å²) >= 11 is 3.19. The molecule has 0 heterocycles. The number of hydrogen-bond acceptors (Lipinski definition) is 4. The van der Waals surface area contributed by atoms with Crippen molar-refractivity contribution in [3.05, 3.63) is 11.1 Å². The van der Waals surface area contributed by atoms with Gasteiger partial charge in [-0.25, -0.2) is 0 Å². The highest BCUT2D eigenvalue weighted by molar-refractivity contribution is 9.11. The molecule has 0 saturated carbocycles. The Morgan fingerprint density at radius 2 is 1.83 bits per heavy atom. The molecule has 0 bridgehead atoms. The van der Waals surface area contributed by atoms with E-state index >= 15 is 0 Å². The van der Waals surface area contributed by atoms with Gasteiger partial charge in [0, 0.05) is 0 Å². The van der Waals surface area contributed by atoms with Gasteiger partial charge in [0.15, 0.2) is 0 Å². The Bertz CT molecular complexity index is 317. The molecular formula is C13H21BrO4. The Hall–Kier alpha value is -0.840. The van der Waals surface area contributed by atoms with Gasteiger partial charge in [-0.3, -0.25) is 9.59 Å². The van der Waals surface area contributed by atoms with Crippen LogP contribution in [0.5, 0.6) is 0 Å². The lowest BCUT2D eigenvalue weighted by Crippen LogP contribution is -2.28. The lowest BCUT2D eigenvalue weighted by molar-refractivity contribution is -0.161. The van der Waals surface area contributed by atoms with Crippen LogP contribution >= 0.6 is 15.9 Å². The van der Waals surface area contributed by atoms with Gasteiger partial charge in [-0.2, -0.15) is 0 Å². The van der Waals surface area contributed by atoms with Crippen molar-refractivity contribution in [3.8, 4) is 0 Å². The summed E-state index contributed by atoms with van der Waals surface area (Å²) in [6.45, 7) is 11.0. The van der Waals surface area contributed by atoms with Crippen molar-refractivity contribution >= 4 is 27.9 Å². The van der Waals surface area contributed by atoms with Crippen molar-refractivity contribution in [1.29, 1.82) is 0 Å². The molecule has 0 fully saturated rings. The molecule has 0 unspecified atom stereocenters.